The topological polar surface area (TPSA) is 162 Å². The number of alkyl carbamates (subject to hydrolysis) is 1. The fourth-order valence-electron chi connectivity index (χ4n) is 8.38. The average molecular weight is 830 g/mol. The van der Waals surface area contributed by atoms with Gasteiger partial charge in [0.25, 0.3) is 0 Å². The van der Waals surface area contributed by atoms with Gasteiger partial charge in [0, 0.05) is 49.0 Å². The number of hydrogen-bond donors (Lipinski definition) is 3. The molecule has 14 heteroatoms. The lowest BCUT2D eigenvalue weighted by molar-refractivity contribution is -0.301. The fraction of sp³-hybridized carbons (Fsp3) is 0.775. The van der Waals surface area contributed by atoms with Crippen LogP contribution in [0.2, 0.25) is 0 Å². The summed E-state index contributed by atoms with van der Waals surface area (Å²) in [5, 5.41) is 26.3. The van der Waals surface area contributed by atoms with Crippen molar-refractivity contribution >= 4 is 33.8 Å². The van der Waals surface area contributed by atoms with Crippen molar-refractivity contribution in [3.05, 3.63) is 34.3 Å². The Kier molecular flexibility index (Phi) is 16.9. The zero-order valence-corrected chi connectivity index (χ0v) is 35.8. The summed E-state index contributed by atoms with van der Waals surface area (Å²) in [7, 11) is 6.67. The maximum Gasteiger partial charge on any atom is 0.407 e. The van der Waals surface area contributed by atoms with Crippen LogP contribution in [0.1, 0.15) is 80.2 Å². The number of hydrogen-bond acceptors (Lipinski definition) is 12. The number of amides is 1. The van der Waals surface area contributed by atoms with E-state index in [1.165, 1.54) is 21.1 Å². The van der Waals surface area contributed by atoms with Crippen molar-refractivity contribution in [3.63, 3.8) is 0 Å². The number of nitrogens with one attached hydrogen (secondary N) is 1. The summed E-state index contributed by atoms with van der Waals surface area (Å²) >= 11 is 3.54. The lowest BCUT2D eigenvalue weighted by Crippen LogP contribution is -2.61. The molecular weight excluding hydrogens is 764 g/mol. The van der Waals surface area contributed by atoms with Crippen molar-refractivity contribution in [2.24, 2.45) is 23.7 Å². The number of aliphatic hydroxyl groups is 2. The van der Waals surface area contributed by atoms with Gasteiger partial charge in [-0.2, -0.15) is 0 Å². The van der Waals surface area contributed by atoms with Gasteiger partial charge >= 0.3 is 12.1 Å². The summed E-state index contributed by atoms with van der Waals surface area (Å²) in [6, 6.07) is 7.40. The second-order valence-corrected chi connectivity index (χ2v) is 16.8. The van der Waals surface area contributed by atoms with E-state index >= 15 is 0 Å². The van der Waals surface area contributed by atoms with Crippen LogP contribution in [0, 0.1) is 23.7 Å². The van der Waals surface area contributed by atoms with Gasteiger partial charge in [0.1, 0.15) is 29.7 Å². The molecule has 1 aromatic carbocycles. The minimum atomic E-state index is -1.76. The third-order valence-electron chi connectivity index (χ3n) is 11.6. The van der Waals surface area contributed by atoms with E-state index in [4.69, 9.17) is 28.4 Å². The molecule has 0 aromatic heterocycles. The fourth-order valence-corrected chi connectivity index (χ4v) is 8.86. The van der Waals surface area contributed by atoms with E-state index in [1.807, 2.05) is 50.2 Å². The molecule has 2 heterocycles. The van der Waals surface area contributed by atoms with Crippen molar-refractivity contribution in [2.75, 3.05) is 34.9 Å². The molecule has 0 aliphatic carbocycles. The molecule has 2 aliphatic rings. The van der Waals surface area contributed by atoms with Crippen LogP contribution in [0.15, 0.2) is 28.7 Å². The molecule has 3 N–H and O–H groups in total. The molecule has 3 rings (SSSR count). The zero-order chi connectivity index (χ0) is 40.7. The second kappa shape index (κ2) is 19.8. The van der Waals surface area contributed by atoms with Gasteiger partial charge in [-0.15, -0.1) is 0 Å². The Morgan fingerprint density at radius 3 is 2.28 bits per heavy atom. The van der Waals surface area contributed by atoms with Gasteiger partial charge in [0.2, 0.25) is 0 Å². The second-order valence-electron chi connectivity index (χ2n) is 15.9. The lowest BCUT2D eigenvalue weighted by atomic mass is 9.73. The molecule has 2 fully saturated rings. The highest BCUT2D eigenvalue weighted by Gasteiger charge is 2.53. The van der Waals surface area contributed by atoms with E-state index in [9.17, 15) is 24.6 Å². The smallest absolute Gasteiger partial charge is 0.407 e. The number of cyclic esters (lactones) is 1. The van der Waals surface area contributed by atoms with Gasteiger partial charge in [0.05, 0.1) is 29.8 Å². The number of Topliss-reactive ketones (excluding diaryl/α,β-unsaturated/α-hetero) is 1. The predicted octanol–water partition coefficient (Wildman–Crippen LogP) is 4.91. The summed E-state index contributed by atoms with van der Waals surface area (Å²) < 4.78 is 38.1. The maximum absolute atomic E-state index is 14.2. The quantitative estimate of drug-likeness (QED) is 0.274. The van der Waals surface area contributed by atoms with Crippen molar-refractivity contribution in [1.82, 2.24) is 10.2 Å². The largest absolute Gasteiger partial charge is 0.459 e. The molecule has 0 radical (unpaired) electrons. The molecule has 54 heavy (non-hydrogen) atoms. The lowest BCUT2D eigenvalue weighted by Gasteiger charge is -2.48. The number of esters is 1. The number of halogens is 1. The molecule has 0 unspecified atom stereocenters. The molecule has 14 atom stereocenters. The van der Waals surface area contributed by atoms with Gasteiger partial charge in [-0.3, -0.25) is 9.59 Å². The summed E-state index contributed by atoms with van der Waals surface area (Å²) in [5.41, 5.74) is -2.02. The molecule has 1 aromatic rings. The third-order valence-corrected chi connectivity index (χ3v) is 12.3. The van der Waals surface area contributed by atoms with Gasteiger partial charge in [-0.25, -0.2) is 4.79 Å². The zero-order valence-electron chi connectivity index (χ0n) is 34.2. The summed E-state index contributed by atoms with van der Waals surface area (Å²) in [5.74, 6) is -4.23. The number of rotatable bonds is 10. The molecular formula is C40H65BrN2O11. The van der Waals surface area contributed by atoms with E-state index < -0.39 is 83.7 Å². The van der Waals surface area contributed by atoms with Gasteiger partial charge in [-0.1, -0.05) is 61.8 Å². The number of ether oxygens (including phenoxy) is 6. The Balaban J connectivity index is 2.14. The molecule has 308 valence electrons. The number of nitrogens with zero attached hydrogens (tertiary/aromatic N) is 1. The highest BCUT2D eigenvalue weighted by atomic mass is 79.9. The molecule has 2 aliphatic heterocycles. The molecule has 1 amide bonds. The highest BCUT2D eigenvalue weighted by molar-refractivity contribution is 9.10. The van der Waals surface area contributed by atoms with Gasteiger partial charge in [0.15, 0.2) is 6.29 Å². The SMILES string of the molecule is CC[C@H]1OC(=O)[C@H](C)[C@@H](OC(=O)NCCc2ccccc2Br)[C@H](C)[C@@H](O[C@@H]2O[C@H](C)C[C@H](N(C)C)[C@H]2O)[C@](C)(OC)C[C@@H](C)C(=O)[C@@H](C)[C@@H](OC)[C@]1(C)O. The minimum Gasteiger partial charge on any atom is -0.459 e. The first-order valence-corrected chi connectivity index (χ1v) is 19.9. The van der Waals surface area contributed by atoms with E-state index in [-0.39, 0.29) is 37.3 Å². The third kappa shape index (κ3) is 10.8. The van der Waals surface area contributed by atoms with Crippen LogP contribution in [-0.2, 0) is 44.4 Å². The maximum atomic E-state index is 14.2. The number of benzene rings is 1. The Morgan fingerprint density at radius 2 is 1.70 bits per heavy atom. The Bertz CT molecular complexity index is 1400. The van der Waals surface area contributed by atoms with Gasteiger partial charge in [-0.05, 0) is 79.1 Å². The van der Waals surface area contributed by atoms with Crippen LogP contribution in [0.3, 0.4) is 0 Å². The highest BCUT2D eigenvalue weighted by Crippen LogP contribution is 2.40. The van der Waals surface area contributed by atoms with Crippen LogP contribution < -0.4 is 5.32 Å². The molecule has 2 saturated heterocycles. The normalized spacial score (nSPS) is 38.7. The van der Waals surface area contributed by atoms with Crippen molar-refractivity contribution < 1.29 is 53.0 Å². The number of carbonyl (C=O) groups excluding carboxylic acids is 3. The van der Waals surface area contributed by atoms with Crippen molar-refractivity contribution in [3.8, 4) is 0 Å². The summed E-state index contributed by atoms with van der Waals surface area (Å²) in [6.45, 7) is 14.1. The minimum absolute atomic E-state index is 0.136. The van der Waals surface area contributed by atoms with E-state index in [0.29, 0.717) is 12.8 Å². The first kappa shape index (κ1) is 46.2. The summed E-state index contributed by atoms with van der Waals surface area (Å²) in [4.78, 5) is 43.8. The van der Waals surface area contributed by atoms with Crippen molar-refractivity contribution in [2.45, 2.75) is 141 Å². The van der Waals surface area contributed by atoms with Crippen LogP contribution in [0.5, 0.6) is 0 Å². The van der Waals surface area contributed by atoms with Crippen molar-refractivity contribution in [1.29, 1.82) is 0 Å². The number of methoxy groups -OCH3 is 2. The number of carbonyl (C=O) groups is 3. The number of likely N-dealkylation sites (N-methyl/N-ethyl adjacent to an activating group) is 1. The van der Waals surface area contributed by atoms with E-state index in [0.717, 1.165) is 10.0 Å². The van der Waals surface area contributed by atoms with Crippen LogP contribution in [0.25, 0.3) is 0 Å². The molecule has 0 bridgehead atoms. The molecule has 0 saturated carbocycles. The average Bonchev–Trinajstić information content (AvgIpc) is 3.12. The summed E-state index contributed by atoms with van der Waals surface area (Å²) in [6.07, 6.45) is -6.03. The van der Waals surface area contributed by atoms with E-state index in [2.05, 4.69) is 21.2 Å². The Labute approximate surface area is 330 Å². The van der Waals surface area contributed by atoms with E-state index in [1.54, 1.807) is 41.5 Å². The standard InChI is InChI=1S/C40H65BrN2O11/c1-13-30-40(8,48)35(49-11)24(4)31(44)22(2)21-39(7,50-12)34(54-37-32(45)29(43(9)10)20-23(3)51-37)25(5)33(26(6)36(46)52-30)53-38(47)42-19-18-27-16-14-15-17-28(27)41/h14-17,22-26,29-30,32-35,37,45,48H,13,18-21H2,1-12H3,(H,42,47)/t22-,23-,24-,25+,26-,29+,30-,32-,33+,34-,35-,37+,39-,40-/m1/s1. The van der Waals surface area contributed by atoms with Gasteiger partial charge < -0.3 is 48.9 Å². The first-order chi connectivity index (χ1) is 25.2. The van der Waals surface area contributed by atoms with Crippen LogP contribution in [0.4, 0.5) is 4.79 Å². The van der Waals surface area contributed by atoms with Crippen LogP contribution >= 0.6 is 15.9 Å². The number of ketones is 1. The monoisotopic (exact) mass is 828 g/mol. The molecule has 13 nitrogen and oxygen atoms in total. The molecule has 0 spiro atoms. The predicted molar refractivity (Wildman–Crippen MR) is 207 cm³/mol. The number of aliphatic hydroxyl groups excluding tert-OH is 1. The van der Waals surface area contributed by atoms with Crippen LogP contribution in [-0.4, -0.2) is 128 Å². The Hall–Kier alpha value is -2.17. The Morgan fingerprint density at radius 1 is 1.06 bits per heavy atom. The first-order valence-electron chi connectivity index (χ1n) is 19.1.